The predicted octanol–water partition coefficient (Wildman–Crippen LogP) is 0.817. The monoisotopic (exact) mass is 237 g/mol. The molecule has 1 aromatic rings. The zero-order chi connectivity index (χ0) is 12.7. The SMILES string of the molecule is CCCN(CCO)C(=O)c1ccc(NN)cc1. The summed E-state index contributed by atoms with van der Waals surface area (Å²) < 4.78 is 0. The number of amides is 1. The summed E-state index contributed by atoms with van der Waals surface area (Å²) in [6.07, 6.45) is 0.869. The van der Waals surface area contributed by atoms with E-state index in [1.165, 1.54) is 0 Å². The van der Waals surface area contributed by atoms with Crippen molar-refractivity contribution in [3.8, 4) is 0 Å². The highest BCUT2D eigenvalue weighted by atomic mass is 16.3. The van der Waals surface area contributed by atoms with Gasteiger partial charge in [0.2, 0.25) is 0 Å². The molecule has 0 atom stereocenters. The first-order chi connectivity index (χ1) is 8.22. The van der Waals surface area contributed by atoms with Crippen molar-refractivity contribution < 1.29 is 9.90 Å². The minimum absolute atomic E-state index is 0.0197. The third-order valence-electron chi connectivity index (χ3n) is 2.45. The van der Waals surface area contributed by atoms with Crippen molar-refractivity contribution in [2.45, 2.75) is 13.3 Å². The number of hydrogen-bond donors (Lipinski definition) is 3. The normalized spacial score (nSPS) is 10.1. The Kier molecular flexibility index (Phi) is 5.45. The number of aliphatic hydroxyl groups is 1. The maximum atomic E-state index is 12.1. The lowest BCUT2D eigenvalue weighted by atomic mass is 10.1. The van der Waals surface area contributed by atoms with E-state index in [0.29, 0.717) is 18.7 Å². The molecular formula is C12H19N3O2. The van der Waals surface area contributed by atoms with E-state index >= 15 is 0 Å². The van der Waals surface area contributed by atoms with Crippen LogP contribution in [0.3, 0.4) is 0 Å². The first-order valence-electron chi connectivity index (χ1n) is 5.69. The molecule has 94 valence electrons. The van der Waals surface area contributed by atoms with E-state index in [4.69, 9.17) is 10.9 Å². The van der Waals surface area contributed by atoms with E-state index in [2.05, 4.69) is 5.43 Å². The summed E-state index contributed by atoms with van der Waals surface area (Å²) in [4.78, 5) is 13.7. The van der Waals surface area contributed by atoms with Gasteiger partial charge in [-0.2, -0.15) is 0 Å². The van der Waals surface area contributed by atoms with Gasteiger partial charge in [0.1, 0.15) is 0 Å². The third-order valence-corrected chi connectivity index (χ3v) is 2.45. The molecule has 0 saturated carbocycles. The lowest BCUT2D eigenvalue weighted by molar-refractivity contribution is 0.0722. The summed E-state index contributed by atoms with van der Waals surface area (Å²) in [5.74, 6) is 5.19. The number of nitrogens with two attached hydrogens (primary N) is 1. The van der Waals surface area contributed by atoms with Crippen molar-refractivity contribution in [2.75, 3.05) is 25.1 Å². The van der Waals surface area contributed by atoms with Crippen LogP contribution in [0.25, 0.3) is 0 Å². The molecule has 0 aliphatic rings. The van der Waals surface area contributed by atoms with Gasteiger partial charge in [-0.15, -0.1) is 0 Å². The number of nitrogen functional groups attached to an aromatic ring is 1. The second-order valence-electron chi connectivity index (χ2n) is 3.74. The third kappa shape index (κ3) is 3.72. The molecule has 0 aliphatic heterocycles. The Bertz CT molecular complexity index is 345. The molecular weight excluding hydrogens is 218 g/mol. The number of carbonyl (C=O) groups is 1. The first-order valence-corrected chi connectivity index (χ1v) is 5.69. The van der Waals surface area contributed by atoms with Crippen molar-refractivity contribution >= 4 is 11.6 Å². The van der Waals surface area contributed by atoms with Crippen molar-refractivity contribution in [2.24, 2.45) is 5.84 Å². The Morgan fingerprint density at radius 3 is 2.47 bits per heavy atom. The Hall–Kier alpha value is -1.59. The van der Waals surface area contributed by atoms with Gasteiger partial charge in [-0.3, -0.25) is 10.6 Å². The molecule has 0 heterocycles. The van der Waals surface area contributed by atoms with E-state index < -0.39 is 0 Å². The van der Waals surface area contributed by atoms with Crippen LogP contribution in [0.15, 0.2) is 24.3 Å². The number of nitrogens with one attached hydrogen (secondary N) is 1. The van der Waals surface area contributed by atoms with Crippen LogP contribution in [0, 0.1) is 0 Å². The standard InChI is InChI=1S/C12H19N3O2/c1-2-7-15(8-9-16)12(17)10-3-5-11(14-13)6-4-10/h3-6,14,16H,2,7-9,13H2,1H3. The molecule has 5 heteroatoms. The summed E-state index contributed by atoms with van der Waals surface area (Å²) >= 11 is 0. The average Bonchev–Trinajstić information content (AvgIpc) is 2.38. The molecule has 0 aliphatic carbocycles. The van der Waals surface area contributed by atoms with Crippen LogP contribution in [0.2, 0.25) is 0 Å². The molecule has 1 aromatic carbocycles. The number of hydrazine groups is 1. The minimum atomic E-state index is -0.0653. The van der Waals surface area contributed by atoms with Crippen molar-refractivity contribution in [3.63, 3.8) is 0 Å². The molecule has 0 radical (unpaired) electrons. The summed E-state index contributed by atoms with van der Waals surface area (Å²) in [5.41, 5.74) is 3.87. The molecule has 4 N–H and O–H groups in total. The Morgan fingerprint density at radius 1 is 1.35 bits per heavy atom. The van der Waals surface area contributed by atoms with Gasteiger partial charge in [-0.25, -0.2) is 0 Å². The summed E-state index contributed by atoms with van der Waals surface area (Å²) in [7, 11) is 0. The van der Waals surface area contributed by atoms with Gasteiger partial charge in [0.15, 0.2) is 0 Å². The zero-order valence-corrected chi connectivity index (χ0v) is 10.0. The number of carbonyl (C=O) groups excluding carboxylic acids is 1. The fourth-order valence-electron chi connectivity index (χ4n) is 1.60. The van der Waals surface area contributed by atoms with Crippen LogP contribution in [0.5, 0.6) is 0 Å². The second-order valence-corrected chi connectivity index (χ2v) is 3.74. The van der Waals surface area contributed by atoms with Gasteiger partial charge in [-0.05, 0) is 30.7 Å². The van der Waals surface area contributed by atoms with Crippen LogP contribution in [0.4, 0.5) is 5.69 Å². The summed E-state index contributed by atoms with van der Waals surface area (Å²) in [5, 5.41) is 8.92. The number of rotatable bonds is 6. The van der Waals surface area contributed by atoms with Gasteiger partial charge in [0.25, 0.3) is 5.91 Å². The van der Waals surface area contributed by atoms with E-state index in [9.17, 15) is 4.79 Å². The molecule has 1 rings (SSSR count). The molecule has 1 amide bonds. The molecule has 0 saturated heterocycles. The number of nitrogens with zero attached hydrogens (tertiary/aromatic N) is 1. The molecule has 17 heavy (non-hydrogen) atoms. The highest BCUT2D eigenvalue weighted by molar-refractivity contribution is 5.94. The number of anilines is 1. The fourth-order valence-corrected chi connectivity index (χ4v) is 1.60. The molecule has 0 spiro atoms. The second kappa shape index (κ2) is 6.88. The van der Waals surface area contributed by atoms with E-state index in [0.717, 1.165) is 12.1 Å². The Balaban J connectivity index is 2.77. The van der Waals surface area contributed by atoms with Gasteiger partial charge >= 0.3 is 0 Å². The number of hydrogen-bond acceptors (Lipinski definition) is 4. The quantitative estimate of drug-likeness (QED) is 0.505. The summed E-state index contributed by atoms with van der Waals surface area (Å²) in [6.45, 7) is 2.99. The first kappa shape index (κ1) is 13.5. The van der Waals surface area contributed by atoms with Gasteiger partial charge in [-0.1, -0.05) is 6.92 Å². The van der Waals surface area contributed by atoms with Crippen molar-refractivity contribution in [1.29, 1.82) is 0 Å². The highest BCUT2D eigenvalue weighted by Crippen LogP contribution is 2.10. The maximum absolute atomic E-state index is 12.1. The van der Waals surface area contributed by atoms with Crippen LogP contribution in [0.1, 0.15) is 23.7 Å². The van der Waals surface area contributed by atoms with Crippen LogP contribution in [-0.4, -0.2) is 35.6 Å². The van der Waals surface area contributed by atoms with Gasteiger partial charge in [0.05, 0.1) is 6.61 Å². The van der Waals surface area contributed by atoms with Crippen LogP contribution < -0.4 is 11.3 Å². The van der Waals surface area contributed by atoms with Crippen molar-refractivity contribution in [3.05, 3.63) is 29.8 Å². The lowest BCUT2D eigenvalue weighted by Crippen LogP contribution is -2.34. The Morgan fingerprint density at radius 2 is 2.00 bits per heavy atom. The molecule has 0 unspecified atom stereocenters. The molecule has 0 aromatic heterocycles. The van der Waals surface area contributed by atoms with Gasteiger partial charge < -0.3 is 15.4 Å². The largest absolute Gasteiger partial charge is 0.395 e. The molecule has 0 bridgehead atoms. The minimum Gasteiger partial charge on any atom is -0.395 e. The van der Waals surface area contributed by atoms with E-state index in [1.807, 2.05) is 6.92 Å². The predicted molar refractivity (Wildman–Crippen MR) is 67.5 cm³/mol. The maximum Gasteiger partial charge on any atom is 0.253 e. The smallest absolute Gasteiger partial charge is 0.253 e. The van der Waals surface area contributed by atoms with Crippen molar-refractivity contribution in [1.82, 2.24) is 4.90 Å². The lowest BCUT2D eigenvalue weighted by Gasteiger charge is -2.21. The fraction of sp³-hybridized carbons (Fsp3) is 0.417. The van der Waals surface area contributed by atoms with Crippen LogP contribution in [-0.2, 0) is 0 Å². The van der Waals surface area contributed by atoms with E-state index in [-0.39, 0.29) is 12.5 Å². The Labute approximate surface area is 101 Å². The van der Waals surface area contributed by atoms with E-state index in [1.54, 1.807) is 29.2 Å². The topological polar surface area (TPSA) is 78.6 Å². The molecule has 5 nitrogen and oxygen atoms in total. The molecule has 0 fully saturated rings. The highest BCUT2D eigenvalue weighted by Gasteiger charge is 2.13. The van der Waals surface area contributed by atoms with Gasteiger partial charge in [0, 0.05) is 24.3 Å². The zero-order valence-electron chi connectivity index (χ0n) is 10.0. The van der Waals surface area contributed by atoms with Crippen LogP contribution >= 0.6 is 0 Å². The summed E-state index contributed by atoms with van der Waals surface area (Å²) in [6, 6.07) is 6.93. The number of benzene rings is 1. The number of aliphatic hydroxyl groups excluding tert-OH is 1. The average molecular weight is 237 g/mol.